The molecule has 4 atom stereocenters. The summed E-state index contributed by atoms with van der Waals surface area (Å²) in [5.41, 5.74) is -0.0752. The van der Waals surface area contributed by atoms with Crippen LogP contribution in [0.25, 0.3) is 0 Å². The quantitative estimate of drug-likeness (QED) is 0.541. The van der Waals surface area contributed by atoms with Crippen LogP contribution >= 0.6 is 0 Å². The second kappa shape index (κ2) is 5.39. The largest absolute Gasteiger partial charge is 0.418 e. The average molecular weight is 258 g/mol. The molecule has 4 heteroatoms. The summed E-state index contributed by atoms with van der Waals surface area (Å²) >= 11 is 0. The van der Waals surface area contributed by atoms with Gasteiger partial charge in [0.1, 0.15) is 0 Å². The molecule has 0 bridgehead atoms. The first-order valence-electron chi connectivity index (χ1n) is 6.93. The van der Waals surface area contributed by atoms with Crippen molar-refractivity contribution in [3.63, 3.8) is 0 Å². The van der Waals surface area contributed by atoms with Crippen molar-refractivity contribution in [1.82, 2.24) is 0 Å². The van der Waals surface area contributed by atoms with Gasteiger partial charge in [0.05, 0.1) is 24.4 Å². The molecule has 1 aliphatic heterocycles. The summed E-state index contributed by atoms with van der Waals surface area (Å²) in [6.07, 6.45) is 5.72. The molecule has 2 fully saturated rings. The number of epoxide rings is 1. The molecule has 1 heterocycles. The SMILES string of the molecule is CCC(CO[SiH](C)C)(OC)C1CCC2OC2C1. The Kier molecular flexibility index (Phi) is 4.29. The predicted molar refractivity (Wildman–Crippen MR) is 70.9 cm³/mol. The Hall–Kier alpha value is 0.0969. The molecule has 100 valence electrons. The Morgan fingerprint density at radius 2 is 2.06 bits per heavy atom. The lowest BCUT2D eigenvalue weighted by molar-refractivity contribution is -0.0976. The van der Waals surface area contributed by atoms with E-state index < -0.39 is 9.04 Å². The topological polar surface area (TPSA) is 31.0 Å². The molecule has 0 amide bonds. The van der Waals surface area contributed by atoms with E-state index in [0.29, 0.717) is 18.1 Å². The Morgan fingerprint density at radius 1 is 1.29 bits per heavy atom. The highest BCUT2D eigenvalue weighted by atomic mass is 28.3. The van der Waals surface area contributed by atoms with Crippen molar-refractivity contribution >= 4 is 9.04 Å². The number of hydrogen-bond donors (Lipinski definition) is 0. The minimum Gasteiger partial charge on any atom is -0.418 e. The van der Waals surface area contributed by atoms with Gasteiger partial charge in [0.15, 0.2) is 9.04 Å². The fraction of sp³-hybridized carbons (Fsp3) is 1.00. The van der Waals surface area contributed by atoms with E-state index in [1.165, 1.54) is 12.8 Å². The van der Waals surface area contributed by atoms with Gasteiger partial charge in [-0.15, -0.1) is 0 Å². The van der Waals surface area contributed by atoms with E-state index in [0.717, 1.165) is 19.4 Å². The zero-order valence-corrected chi connectivity index (χ0v) is 12.7. The molecule has 3 nitrogen and oxygen atoms in total. The third kappa shape index (κ3) is 2.92. The fourth-order valence-electron chi connectivity index (χ4n) is 3.07. The van der Waals surface area contributed by atoms with E-state index in [9.17, 15) is 0 Å². The molecular weight excluding hydrogens is 232 g/mol. The summed E-state index contributed by atoms with van der Waals surface area (Å²) < 4.78 is 17.5. The summed E-state index contributed by atoms with van der Waals surface area (Å²) in [6.45, 7) is 7.43. The zero-order chi connectivity index (χ0) is 12.5. The van der Waals surface area contributed by atoms with Crippen molar-refractivity contribution in [3.05, 3.63) is 0 Å². The van der Waals surface area contributed by atoms with Gasteiger partial charge >= 0.3 is 0 Å². The molecule has 1 saturated heterocycles. The molecule has 0 aromatic carbocycles. The Labute approximate surface area is 107 Å². The standard InChI is InChI=1S/C13H26O3Si/c1-5-13(14-2,9-15-17(3)4)10-6-7-11-12(8-10)16-11/h10-12,17H,5-9H2,1-4H3. The second-order valence-corrected chi connectivity index (χ2v) is 8.14. The first kappa shape index (κ1) is 13.5. The molecular formula is C13H26O3Si. The molecule has 2 aliphatic rings. The highest BCUT2D eigenvalue weighted by molar-refractivity contribution is 6.48. The third-order valence-electron chi connectivity index (χ3n) is 4.41. The van der Waals surface area contributed by atoms with Crippen LogP contribution in [0.2, 0.25) is 13.1 Å². The molecule has 4 unspecified atom stereocenters. The summed E-state index contributed by atoms with van der Waals surface area (Å²) in [5.74, 6) is 0.606. The molecule has 1 aliphatic carbocycles. The molecule has 0 radical (unpaired) electrons. The van der Waals surface area contributed by atoms with Gasteiger partial charge < -0.3 is 13.9 Å². The van der Waals surface area contributed by atoms with Crippen LogP contribution in [0.5, 0.6) is 0 Å². The van der Waals surface area contributed by atoms with Crippen LogP contribution in [0.1, 0.15) is 32.6 Å². The highest BCUT2D eigenvalue weighted by Gasteiger charge is 2.50. The number of hydrogen-bond acceptors (Lipinski definition) is 3. The van der Waals surface area contributed by atoms with Crippen molar-refractivity contribution in [2.75, 3.05) is 13.7 Å². The first-order chi connectivity index (χ1) is 8.11. The van der Waals surface area contributed by atoms with Gasteiger partial charge in [-0.05, 0) is 44.7 Å². The molecule has 0 N–H and O–H groups in total. The van der Waals surface area contributed by atoms with Gasteiger partial charge in [-0.25, -0.2) is 0 Å². The predicted octanol–water partition coefficient (Wildman–Crippen LogP) is 2.35. The maximum Gasteiger partial charge on any atom is 0.171 e. The number of methoxy groups -OCH3 is 1. The number of ether oxygens (including phenoxy) is 2. The summed E-state index contributed by atoms with van der Waals surface area (Å²) in [6, 6.07) is 0. The van der Waals surface area contributed by atoms with E-state index in [-0.39, 0.29) is 5.60 Å². The van der Waals surface area contributed by atoms with Crippen LogP contribution in [0.4, 0.5) is 0 Å². The second-order valence-electron chi connectivity index (χ2n) is 5.71. The highest BCUT2D eigenvalue weighted by Crippen LogP contribution is 2.45. The number of fused-ring (bicyclic) bond motifs is 1. The van der Waals surface area contributed by atoms with E-state index in [2.05, 4.69) is 20.0 Å². The van der Waals surface area contributed by atoms with Crippen molar-refractivity contribution in [1.29, 1.82) is 0 Å². The van der Waals surface area contributed by atoms with Gasteiger partial charge in [0.25, 0.3) is 0 Å². The monoisotopic (exact) mass is 258 g/mol. The van der Waals surface area contributed by atoms with E-state index in [4.69, 9.17) is 13.9 Å². The van der Waals surface area contributed by atoms with Gasteiger partial charge in [-0.3, -0.25) is 0 Å². The minimum atomic E-state index is -0.969. The lowest BCUT2D eigenvalue weighted by atomic mass is 9.76. The van der Waals surface area contributed by atoms with E-state index >= 15 is 0 Å². The Morgan fingerprint density at radius 3 is 2.59 bits per heavy atom. The van der Waals surface area contributed by atoms with Crippen LogP contribution in [-0.2, 0) is 13.9 Å². The van der Waals surface area contributed by atoms with Gasteiger partial charge in [0, 0.05) is 7.11 Å². The molecule has 2 rings (SSSR count). The van der Waals surface area contributed by atoms with Crippen LogP contribution in [-0.4, -0.2) is 40.6 Å². The van der Waals surface area contributed by atoms with Crippen LogP contribution in [0.15, 0.2) is 0 Å². The van der Waals surface area contributed by atoms with Gasteiger partial charge in [0.2, 0.25) is 0 Å². The van der Waals surface area contributed by atoms with Crippen LogP contribution < -0.4 is 0 Å². The lowest BCUT2D eigenvalue weighted by Crippen LogP contribution is -2.46. The van der Waals surface area contributed by atoms with Crippen molar-refractivity contribution in [3.8, 4) is 0 Å². The van der Waals surface area contributed by atoms with Gasteiger partial charge in [-0.2, -0.15) is 0 Å². The molecule has 0 aromatic heterocycles. The van der Waals surface area contributed by atoms with Crippen molar-refractivity contribution in [2.45, 2.75) is 63.5 Å². The van der Waals surface area contributed by atoms with E-state index in [1.807, 2.05) is 7.11 Å². The minimum absolute atomic E-state index is 0.0752. The maximum atomic E-state index is 5.96. The van der Waals surface area contributed by atoms with Gasteiger partial charge in [-0.1, -0.05) is 6.92 Å². The molecule has 1 saturated carbocycles. The lowest BCUT2D eigenvalue weighted by Gasteiger charge is -2.40. The average Bonchev–Trinajstić information content (AvgIpc) is 3.09. The first-order valence-corrected chi connectivity index (χ1v) is 9.71. The molecule has 0 spiro atoms. The molecule has 17 heavy (non-hydrogen) atoms. The summed E-state index contributed by atoms with van der Waals surface area (Å²) in [7, 11) is 0.873. The molecule has 0 aromatic rings. The van der Waals surface area contributed by atoms with Crippen LogP contribution in [0.3, 0.4) is 0 Å². The zero-order valence-electron chi connectivity index (χ0n) is 11.6. The maximum absolute atomic E-state index is 5.96. The Bertz CT molecular complexity index is 253. The number of rotatable bonds is 6. The van der Waals surface area contributed by atoms with Crippen LogP contribution in [0, 0.1) is 5.92 Å². The smallest absolute Gasteiger partial charge is 0.171 e. The van der Waals surface area contributed by atoms with E-state index in [1.54, 1.807) is 0 Å². The third-order valence-corrected chi connectivity index (χ3v) is 5.25. The van der Waals surface area contributed by atoms with Crippen molar-refractivity contribution in [2.24, 2.45) is 5.92 Å². The fourth-order valence-corrected chi connectivity index (χ4v) is 3.68. The normalized spacial score (nSPS) is 35.5. The van der Waals surface area contributed by atoms with Crippen molar-refractivity contribution < 1.29 is 13.9 Å². The Balaban J connectivity index is 1.98. The summed E-state index contributed by atoms with van der Waals surface area (Å²) in [4.78, 5) is 0. The summed E-state index contributed by atoms with van der Waals surface area (Å²) in [5, 5.41) is 0.